The van der Waals surface area contributed by atoms with E-state index in [1.165, 1.54) is 4.90 Å². The highest BCUT2D eigenvalue weighted by atomic mass is 32.2. The zero-order valence-electron chi connectivity index (χ0n) is 13.4. The number of nitrogens with zero attached hydrogens (tertiary/aromatic N) is 1. The van der Waals surface area contributed by atoms with E-state index < -0.39 is 38.8 Å². The SMILES string of the molecule is CCOC(=O)[C@H]1CS(=O)(=O)CC12CN(C(=O)OC(C)(C)C)C2. The molecule has 7 nitrogen and oxygen atoms in total. The van der Waals surface area contributed by atoms with Crippen molar-refractivity contribution >= 4 is 21.9 Å². The van der Waals surface area contributed by atoms with E-state index in [-0.39, 0.29) is 31.2 Å². The normalized spacial score (nSPS) is 25.6. The third-order valence-electron chi connectivity index (χ3n) is 3.90. The quantitative estimate of drug-likeness (QED) is 0.695. The summed E-state index contributed by atoms with van der Waals surface area (Å²) < 4.78 is 34.1. The lowest BCUT2D eigenvalue weighted by atomic mass is 9.72. The maximum absolute atomic E-state index is 12.0. The van der Waals surface area contributed by atoms with Crippen LogP contribution in [0.1, 0.15) is 27.7 Å². The molecule has 0 aromatic carbocycles. The predicted octanol–water partition coefficient (Wildman–Crippen LogP) is 0.831. The molecule has 2 heterocycles. The van der Waals surface area contributed by atoms with E-state index >= 15 is 0 Å². The first kappa shape index (κ1) is 17.1. The van der Waals surface area contributed by atoms with Gasteiger partial charge in [0, 0.05) is 18.5 Å². The minimum absolute atomic E-state index is 0.0806. The van der Waals surface area contributed by atoms with Crippen LogP contribution in [0.3, 0.4) is 0 Å². The summed E-state index contributed by atoms with van der Waals surface area (Å²) >= 11 is 0. The van der Waals surface area contributed by atoms with Gasteiger partial charge in [0.2, 0.25) is 0 Å². The standard InChI is InChI=1S/C14H23NO6S/c1-5-20-11(16)10-6-22(18,19)9-14(10)7-15(8-14)12(17)21-13(2,3)4/h10H,5-9H2,1-4H3/t10-/m1/s1. The van der Waals surface area contributed by atoms with E-state index in [0.717, 1.165) is 0 Å². The molecule has 0 aliphatic carbocycles. The molecule has 1 amide bonds. The van der Waals surface area contributed by atoms with Gasteiger partial charge in [0.1, 0.15) is 5.60 Å². The average molecular weight is 333 g/mol. The molecular weight excluding hydrogens is 310 g/mol. The molecular formula is C14H23NO6S. The number of hydrogen-bond acceptors (Lipinski definition) is 6. The molecule has 126 valence electrons. The van der Waals surface area contributed by atoms with Gasteiger partial charge in [0.05, 0.1) is 24.0 Å². The Hall–Kier alpha value is -1.31. The molecule has 22 heavy (non-hydrogen) atoms. The molecule has 0 bridgehead atoms. The lowest BCUT2D eigenvalue weighted by molar-refractivity contribution is -0.155. The number of esters is 1. The highest BCUT2D eigenvalue weighted by molar-refractivity contribution is 7.91. The molecule has 2 aliphatic rings. The summed E-state index contributed by atoms with van der Waals surface area (Å²) in [4.78, 5) is 25.5. The summed E-state index contributed by atoms with van der Waals surface area (Å²) in [6, 6.07) is 0. The number of amides is 1. The Morgan fingerprint density at radius 2 is 1.86 bits per heavy atom. The first-order valence-corrected chi connectivity index (χ1v) is 9.15. The van der Waals surface area contributed by atoms with Gasteiger partial charge in [0.15, 0.2) is 9.84 Å². The molecule has 1 atom stereocenters. The van der Waals surface area contributed by atoms with Crippen LogP contribution in [-0.2, 0) is 24.1 Å². The zero-order valence-corrected chi connectivity index (χ0v) is 14.2. The van der Waals surface area contributed by atoms with Gasteiger partial charge in [-0.15, -0.1) is 0 Å². The Morgan fingerprint density at radius 3 is 2.36 bits per heavy atom. The van der Waals surface area contributed by atoms with Crippen molar-refractivity contribution in [3.8, 4) is 0 Å². The third-order valence-corrected chi connectivity index (χ3v) is 5.76. The van der Waals surface area contributed by atoms with Gasteiger partial charge >= 0.3 is 12.1 Å². The van der Waals surface area contributed by atoms with Gasteiger partial charge < -0.3 is 14.4 Å². The Kier molecular flexibility index (Phi) is 4.18. The Bertz CT molecular complexity index is 571. The van der Waals surface area contributed by atoms with Gasteiger partial charge in [-0.1, -0.05) is 0 Å². The second-order valence-electron chi connectivity index (χ2n) is 7.06. The largest absolute Gasteiger partial charge is 0.466 e. The van der Waals surface area contributed by atoms with E-state index in [9.17, 15) is 18.0 Å². The number of carbonyl (C=O) groups is 2. The molecule has 2 fully saturated rings. The number of ether oxygens (including phenoxy) is 2. The van der Waals surface area contributed by atoms with Crippen LogP contribution in [0.25, 0.3) is 0 Å². The molecule has 2 saturated heterocycles. The Morgan fingerprint density at radius 1 is 1.27 bits per heavy atom. The number of hydrogen-bond donors (Lipinski definition) is 0. The monoisotopic (exact) mass is 333 g/mol. The first-order valence-electron chi connectivity index (χ1n) is 7.33. The first-order chi connectivity index (χ1) is 9.98. The van der Waals surface area contributed by atoms with Gasteiger partial charge in [0.25, 0.3) is 0 Å². The van der Waals surface area contributed by atoms with Crippen LogP contribution in [0, 0.1) is 11.3 Å². The van der Waals surface area contributed by atoms with E-state index in [1.54, 1.807) is 27.7 Å². The third kappa shape index (κ3) is 3.37. The predicted molar refractivity (Wildman–Crippen MR) is 79.0 cm³/mol. The van der Waals surface area contributed by atoms with Gasteiger partial charge in [-0.2, -0.15) is 0 Å². The van der Waals surface area contributed by atoms with Crippen LogP contribution < -0.4 is 0 Å². The molecule has 1 spiro atoms. The maximum Gasteiger partial charge on any atom is 0.410 e. The molecule has 0 unspecified atom stereocenters. The number of likely N-dealkylation sites (tertiary alicyclic amines) is 1. The fraction of sp³-hybridized carbons (Fsp3) is 0.857. The highest BCUT2D eigenvalue weighted by Crippen LogP contribution is 2.46. The fourth-order valence-electron chi connectivity index (χ4n) is 3.07. The highest BCUT2D eigenvalue weighted by Gasteiger charge is 2.61. The van der Waals surface area contributed by atoms with Crippen molar-refractivity contribution < 1.29 is 27.5 Å². The number of rotatable bonds is 2. The maximum atomic E-state index is 12.0. The summed E-state index contributed by atoms with van der Waals surface area (Å²) in [5.41, 5.74) is -1.33. The lowest BCUT2D eigenvalue weighted by Gasteiger charge is -2.49. The molecule has 8 heteroatoms. The van der Waals surface area contributed by atoms with Gasteiger partial charge in [-0.05, 0) is 27.7 Å². The van der Waals surface area contributed by atoms with E-state index in [1.807, 2.05) is 0 Å². The number of sulfone groups is 1. The lowest BCUT2D eigenvalue weighted by Crippen LogP contribution is -2.63. The van der Waals surface area contributed by atoms with Crippen molar-refractivity contribution in [2.24, 2.45) is 11.3 Å². The van der Waals surface area contributed by atoms with Crippen LogP contribution >= 0.6 is 0 Å². The molecule has 0 saturated carbocycles. The van der Waals surface area contributed by atoms with Crippen LogP contribution in [0.2, 0.25) is 0 Å². The summed E-state index contributed by atoms with van der Waals surface area (Å²) in [6.07, 6.45) is -0.481. The van der Waals surface area contributed by atoms with Crippen LogP contribution in [0.5, 0.6) is 0 Å². The van der Waals surface area contributed by atoms with Crippen molar-refractivity contribution in [3.05, 3.63) is 0 Å². The molecule has 2 aliphatic heterocycles. The molecule has 0 aromatic rings. The fourth-order valence-corrected chi connectivity index (χ4v) is 5.45. The summed E-state index contributed by atoms with van der Waals surface area (Å²) in [5, 5.41) is 0. The Labute approximate surface area is 130 Å². The van der Waals surface area contributed by atoms with Crippen LogP contribution in [0.15, 0.2) is 0 Å². The van der Waals surface area contributed by atoms with E-state index in [0.29, 0.717) is 0 Å². The molecule has 2 rings (SSSR count). The summed E-state index contributed by atoms with van der Waals surface area (Å²) in [6.45, 7) is 7.62. The minimum Gasteiger partial charge on any atom is -0.466 e. The van der Waals surface area contributed by atoms with Gasteiger partial charge in [-0.3, -0.25) is 4.79 Å². The van der Waals surface area contributed by atoms with Gasteiger partial charge in [-0.25, -0.2) is 13.2 Å². The molecule has 0 N–H and O–H groups in total. The Balaban J connectivity index is 2.08. The summed E-state index contributed by atoms with van der Waals surface area (Å²) in [5.74, 6) is -1.47. The molecule has 0 radical (unpaired) electrons. The smallest absolute Gasteiger partial charge is 0.410 e. The van der Waals surface area contributed by atoms with Crippen molar-refractivity contribution in [3.63, 3.8) is 0 Å². The van der Waals surface area contributed by atoms with Crippen molar-refractivity contribution in [1.29, 1.82) is 0 Å². The molecule has 0 aromatic heterocycles. The van der Waals surface area contributed by atoms with Crippen molar-refractivity contribution in [1.82, 2.24) is 4.90 Å². The van der Waals surface area contributed by atoms with Crippen LogP contribution in [0.4, 0.5) is 4.79 Å². The van der Waals surface area contributed by atoms with Crippen molar-refractivity contribution in [2.45, 2.75) is 33.3 Å². The second kappa shape index (κ2) is 5.40. The number of carbonyl (C=O) groups excluding carboxylic acids is 2. The van der Waals surface area contributed by atoms with Crippen LogP contribution in [-0.4, -0.2) is 62.2 Å². The van der Waals surface area contributed by atoms with E-state index in [2.05, 4.69) is 0 Å². The average Bonchev–Trinajstić information content (AvgIpc) is 2.57. The zero-order chi connectivity index (χ0) is 16.8. The minimum atomic E-state index is -3.29. The van der Waals surface area contributed by atoms with Crippen molar-refractivity contribution in [2.75, 3.05) is 31.2 Å². The summed E-state index contributed by atoms with van der Waals surface area (Å²) in [7, 11) is -3.29. The van der Waals surface area contributed by atoms with E-state index in [4.69, 9.17) is 9.47 Å². The second-order valence-corrected chi connectivity index (χ2v) is 9.17. The topological polar surface area (TPSA) is 90.0 Å².